The van der Waals surface area contributed by atoms with Gasteiger partial charge in [0.2, 0.25) is 0 Å². The number of hydrogen-bond donors (Lipinski definition) is 1. The number of aliphatic hydroxyl groups is 1. The fraction of sp³-hybridized carbons (Fsp3) is 0.519. The van der Waals surface area contributed by atoms with Crippen molar-refractivity contribution in [3.05, 3.63) is 66.2 Å². The Labute approximate surface area is 216 Å². The van der Waals surface area contributed by atoms with Gasteiger partial charge in [0.25, 0.3) is 0 Å². The van der Waals surface area contributed by atoms with Crippen LogP contribution in [0.4, 0.5) is 0 Å². The predicted molar refractivity (Wildman–Crippen MR) is 140 cm³/mol. The zero-order chi connectivity index (χ0) is 25.6. The van der Waals surface area contributed by atoms with E-state index in [2.05, 4.69) is 33.9 Å². The zero-order valence-electron chi connectivity index (χ0n) is 21.5. The average Bonchev–Trinajstić information content (AvgIpc) is 2.79. The van der Waals surface area contributed by atoms with Gasteiger partial charge in [0.1, 0.15) is 0 Å². The fourth-order valence-electron chi connectivity index (χ4n) is 3.61. The number of carbonyl (C=O) groups excluding carboxylic acids is 1. The molecule has 0 aliphatic carbocycles. The second kappa shape index (κ2) is 12.1. The number of ether oxygens (including phenoxy) is 3. The molecule has 1 saturated heterocycles. The fourth-order valence-corrected chi connectivity index (χ4v) is 7.17. The molecule has 5 atom stereocenters. The minimum absolute atomic E-state index is 0.0782. The van der Waals surface area contributed by atoms with Crippen LogP contribution in [0.2, 0.25) is 18.1 Å². The number of aliphatic hydroxyl groups excluding tert-OH is 1. The molecule has 8 heteroatoms. The summed E-state index contributed by atoms with van der Waals surface area (Å²) >= 11 is -0.172. The van der Waals surface area contributed by atoms with Gasteiger partial charge in [0.05, 0.1) is 0 Å². The summed E-state index contributed by atoms with van der Waals surface area (Å²) in [7, 11) is -2.30. The number of esters is 1. The van der Waals surface area contributed by atoms with Crippen molar-refractivity contribution in [2.75, 3.05) is 6.61 Å². The SMILES string of the molecule is CC(=O)O[C@H]1[C@H](O[Si](C)(C)C(C)(C)C)[C@@H](O)[C@@H]([Se]c2ccccc2)O[C@@H]1COCc1ccccc1. The van der Waals surface area contributed by atoms with Crippen LogP contribution < -0.4 is 4.46 Å². The molecule has 0 aromatic heterocycles. The molecule has 1 fully saturated rings. The van der Waals surface area contributed by atoms with Gasteiger partial charge in [0.15, 0.2) is 0 Å². The number of hydrogen-bond acceptors (Lipinski definition) is 6. The molecule has 0 radical (unpaired) electrons. The number of rotatable bonds is 9. The van der Waals surface area contributed by atoms with Crippen LogP contribution in [0.15, 0.2) is 60.7 Å². The maximum absolute atomic E-state index is 12.1. The first-order valence-corrected chi connectivity index (χ1v) is 16.8. The minimum atomic E-state index is -2.30. The Hall–Kier alpha value is -1.51. The van der Waals surface area contributed by atoms with E-state index >= 15 is 0 Å². The summed E-state index contributed by atoms with van der Waals surface area (Å²) in [5.74, 6) is -0.435. The molecule has 1 heterocycles. The molecule has 2 aromatic rings. The standard InChI is InChI=1S/C27H38O6SeSi/c1-19(28)31-24-22(18-30-17-20-13-9-7-10-14-20)32-26(34-21-15-11-8-12-16-21)23(29)25(24)33-35(5,6)27(2,3)4/h7-16,22-26,29H,17-18H2,1-6H3/t22-,23-,24-,25-,26-/m1/s1. The van der Waals surface area contributed by atoms with Crippen LogP contribution in [-0.2, 0) is 30.0 Å². The molecule has 6 nitrogen and oxygen atoms in total. The van der Waals surface area contributed by atoms with Gasteiger partial charge in [-0.25, -0.2) is 0 Å². The van der Waals surface area contributed by atoms with Crippen molar-refractivity contribution >= 4 is 33.7 Å². The van der Waals surface area contributed by atoms with Gasteiger partial charge in [-0.05, 0) is 0 Å². The molecule has 0 saturated carbocycles. The van der Waals surface area contributed by atoms with E-state index in [9.17, 15) is 9.90 Å². The third-order valence-electron chi connectivity index (χ3n) is 6.54. The third kappa shape index (κ3) is 7.73. The van der Waals surface area contributed by atoms with Gasteiger partial charge in [0, 0.05) is 0 Å². The van der Waals surface area contributed by atoms with E-state index in [1.165, 1.54) is 6.92 Å². The summed E-state index contributed by atoms with van der Waals surface area (Å²) in [6.45, 7) is 12.7. The molecule has 0 unspecified atom stereocenters. The molecule has 2 aromatic carbocycles. The van der Waals surface area contributed by atoms with Crippen molar-refractivity contribution in [1.29, 1.82) is 0 Å². The normalized spacial score (nSPS) is 25.3. The Morgan fingerprint density at radius 1 is 1.03 bits per heavy atom. The first kappa shape index (κ1) is 28.1. The molecule has 3 rings (SSSR count). The van der Waals surface area contributed by atoms with Crippen molar-refractivity contribution in [2.24, 2.45) is 0 Å². The summed E-state index contributed by atoms with van der Waals surface area (Å²) in [5.41, 5.74) is 1.05. The van der Waals surface area contributed by atoms with Crippen LogP contribution in [0.1, 0.15) is 33.3 Å². The van der Waals surface area contributed by atoms with Crippen molar-refractivity contribution < 1.29 is 28.5 Å². The predicted octanol–water partition coefficient (Wildman–Crippen LogP) is 3.64. The molecule has 192 valence electrons. The average molecular weight is 566 g/mol. The Morgan fingerprint density at radius 3 is 2.20 bits per heavy atom. The van der Waals surface area contributed by atoms with Gasteiger partial charge in [-0.2, -0.15) is 0 Å². The Morgan fingerprint density at radius 2 is 1.63 bits per heavy atom. The van der Waals surface area contributed by atoms with Crippen LogP contribution in [0.3, 0.4) is 0 Å². The van der Waals surface area contributed by atoms with E-state index < -0.39 is 43.7 Å². The van der Waals surface area contributed by atoms with Crippen molar-refractivity contribution in [2.45, 2.75) is 81.9 Å². The molecular weight excluding hydrogens is 527 g/mol. The molecule has 35 heavy (non-hydrogen) atoms. The van der Waals surface area contributed by atoms with Crippen LogP contribution in [0.5, 0.6) is 0 Å². The number of carbonyl (C=O) groups is 1. The molecule has 1 aliphatic rings. The second-order valence-corrected chi connectivity index (χ2v) is 17.6. The van der Waals surface area contributed by atoms with E-state index in [0.29, 0.717) is 6.61 Å². The maximum atomic E-state index is 12.1. The molecule has 0 amide bonds. The van der Waals surface area contributed by atoms with Crippen molar-refractivity contribution in [3.8, 4) is 0 Å². The molecule has 1 N–H and O–H groups in total. The van der Waals surface area contributed by atoms with E-state index in [4.69, 9.17) is 18.6 Å². The summed E-state index contributed by atoms with van der Waals surface area (Å²) in [6.07, 6.45) is -2.96. The molecule has 0 bridgehead atoms. The topological polar surface area (TPSA) is 74.2 Å². The Balaban J connectivity index is 1.87. The second-order valence-electron chi connectivity index (χ2n) is 10.4. The van der Waals surface area contributed by atoms with Crippen LogP contribution in [0.25, 0.3) is 0 Å². The van der Waals surface area contributed by atoms with Gasteiger partial charge in [-0.3, -0.25) is 0 Å². The molecular formula is C27H38O6SeSi. The van der Waals surface area contributed by atoms with Crippen LogP contribution in [0, 0.1) is 0 Å². The zero-order valence-corrected chi connectivity index (χ0v) is 24.2. The third-order valence-corrected chi connectivity index (χ3v) is 13.5. The summed E-state index contributed by atoms with van der Waals surface area (Å²) in [4.78, 5) is 12.1. The van der Waals surface area contributed by atoms with E-state index in [1.54, 1.807) is 0 Å². The monoisotopic (exact) mass is 566 g/mol. The Bertz CT molecular complexity index is 934. The van der Waals surface area contributed by atoms with Crippen LogP contribution in [-0.4, -0.2) is 70.4 Å². The van der Waals surface area contributed by atoms with E-state index in [0.717, 1.165) is 10.0 Å². The van der Waals surface area contributed by atoms with Crippen molar-refractivity contribution in [3.63, 3.8) is 0 Å². The summed E-state index contributed by atoms with van der Waals surface area (Å²) in [5, 5.41) is 10.9. The quantitative estimate of drug-likeness (QED) is 0.370. The van der Waals surface area contributed by atoms with Gasteiger partial charge >= 0.3 is 217 Å². The van der Waals surface area contributed by atoms with Crippen LogP contribution >= 0.6 is 0 Å². The molecule has 0 spiro atoms. The Kier molecular flexibility index (Phi) is 9.74. The number of benzene rings is 2. The first-order chi connectivity index (χ1) is 16.5. The summed E-state index contributed by atoms with van der Waals surface area (Å²) < 4.78 is 26.0. The van der Waals surface area contributed by atoms with Gasteiger partial charge in [-0.1, -0.05) is 0 Å². The molecule has 1 aliphatic heterocycles. The van der Waals surface area contributed by atoms with E-state index in [-0.39, 0.29) is 26.6 Å². The van der Waals surface area contributed by atoms with Gasteiger partial charge in [-0.15, -0.1) is 0 Å². The van der Waals surface area contributed by atoms with Gasteiger partial charge < -0.3 is 0 Å². The van der Waals surface area contributed by atoms with Crippen molar-refractivity contribution in [1.82, 2.24) is 0 Å². The first-order valence-electron chi connectivity index (χ1n) is 12.0. The summed E-state index contributed by atoms with van der Waals surface area (Å²) in [6, 6.07) is 19.9. The van der Waals surface area contributed by atoms with E-state index in [1.807, 2.05) is 60.7 Å².